The fraction of sp³-hybridized carbons (Fsp3) is 0.292. The zero-order chi connectivity index (χ0) is 22.3. The van der Waals surface area contributed by atoms with Gasteiger partial charge in [-0.05, 0) is 29.5 Å². The van der Waals surface area contributed by atoms with Gasteiger partial charge in [-0.3, -0.25) is 9.69 Å². The van der Waals surface area contributed by atoms with Crippen molar-refractivity contribution in [3.63, 3.8) is 0 Å². The second-order valence-electron chi connectivity index (χ2n) is 7.60. The van der Waals surface area contributed by atoms with E-state index in [1.165, 1.54) is 29.2 Å². The van der Waals surface area contributed by atoms with Crippen LogP contribution < -0.4 is 10.2 Å². The quantitative estimate of drug-likeness (QED) is 0.417. The molecule has 1 aromatic heterocycles. The van der Waals surface area contributed by atoms with Crippen LogP contribution in [0.4, 0.5) is 5.69 Å². The Hall–Kier alpha value is -2.61. The van der Waals surface area contributed by atoms with Gasteiger partial charge in [0.2, 0.25) is 0 Å². The molecule has 2 heterocycles. The molecule has 0 aliphatic carbocycles. The number of nitrogens with one attached hydrogen (secondary N) is 1. The number of rotatable bonds is 7. The highest BCUT2D eigenvalue weighted by atomic mass is 35.5. The van der Waals surface area contributed by atoms with Gasteiger partial charge < -0.3 is 10.2 Å². The van der Waals surface area contributed by atoms with Gasteiger partial charge >= 0.3 is 0 Å². The summed E-state index contributed by atoms with van der Waals surface area (Å²) in [4.78, 5) is 25.9. The minimum atomic E-state index is -0.293. The molecule has 32 heavy (non-hydrogen) atoms. The Bertz CT molecular complexity index is 1060. The lowest BCUT2D eigenvalue weighted by atomic mass is 10.1. The van der Waals surface area contributed by atoms with Gasteiger partial charge in [0.1, 0.15) is 0 Å². The van der Waals surface area contributed by atoms with Gasteiger partial charge in [-0.1, -0.05) is 65.8 Å². The monoisotopic (exact) mass is 467 g/mol. The topological polar surface area (TPSA) is 61.4 Å². The molecule has 8 heteroatoms. The van der Waals surface area contributed by atoms with Crippen LogP contribution in [0.1, 0.15) is 21.6 Å². The highest BCUT2D eigenvalue weighted by Gasteiger charge is 2.19. The van der Waals surface area contributed by atoms with Crippen molar-refractivity contribution in [3.05, 3.63) is 82.6 Å². The summed E-state index contributed by atoms with van der Waals surface area (Å²) in [5.41, 5.74) is 3.81. The molecular formula is C24H26ClN5OS. The highest BCUT2D eigenvalue weighted by Crippen LogP contribution is 2.19. The fourth-order valence-electron chi connectivity index (χ4n) is 3.80. The Labute approximate surface area is 198 Å². The molecule has 1 aliphatic rings. The van der Waals surface area contributed by atoms with Crippen LogP contribution in [-0.4, -0.2) is 53.2 Å². The molecule has 1 amide bonds. The Kier molecular flexibility index (Phi) is 7.63. The first-order chi connectivity index (χ1) is 15.6. The summed E-state index contributed by atoms with van der Waals surface area (Å²) in [6.45, 7) is 5.31. The van der Waals surface area contributed by atoms with Gasteiger partial charge in [0.25, 0.3) is 5.91 Å². The number of nitrogens with zero attached hydrogens (tertiary/aromatic N) is 4. The second-order valence-corrected chi connectivity index (χ2v) is 8.78. The number of aromatic nitrogens is 2. The van der Waals surface area contributed by atoms with Crippen molar-refractivity contribution in [2.45, 2.75) is 18.2 Å². The van der Waals surface area contributed by atoms with Crippen molar-refractivity contribution in [3.8, 4) is 0 Å². The molecule has 1 N–H and O–H groups in total. The van der Waals surface area contributed by atoms with Crippen molar-refractivity contribution in [2.75, 3.05) is 37.3 Å². The van der Waals surface area contributed by atoms with Crippen molar-refractivity contribution in [1.29, 1.82) is 0 Å². The minimum absolute atomic E-state index is 0.209. The fourth-order valence-corrected chi connectivity index (χ4v) is 4.31. The number of carbonyl (C=O) groups is 1. The molecule has 0 unspecified atom stereocenters. The average molecular weight is 468 g/mol. The van der Waals surface area contributed by atoms with Crippen molar-refractivity contribution in [2.24, 2.45) is 0 Å². The molecule has 2 aromatic carbocycles. The van der Waals surface area contributed by atoms with Crippen molar-refractivity contribution < 1.29 is 4.79 Å². The first kappa shape index (κ1) is 22.6. The predicted octanol–water partition coefficient (Wildman–Crippen LogP) is 4.10. The second kappa shape index (κ2) is 10.8. The van der Waals surface area contributed by atoms with Crippen molar-refractivity contribution >= 4 is 35.0 Å². The van der Waals surface area contributed by atoms with E-state index < -0.39 is 0 Å². The van der Waals surface area contributed by atoms with Crippen LogP contribution in [-0.2, 0) is 13.1 Å². The molecule has 166 valence electrons. The molecule has 6 nitrogen and oxygen atoms in total. The maximum Gasteiger partial charge on any atom is 0.271 e. The number of halogens is 1. The van der Waals surface area contributed by atoms with Gasteiger partial charge in [-0.15, -0.1) is 0 Å². The van der Waals surface area contributed by atoms with Crippen LogP contribution in [0.15, 0.2) is 66.0 Å². The van der Waals surface area contributed by atoms with E-state index in [0.29, 0.717) is 11.7 Å². The number of carbonyl (C=O) groups excluding carboxylic acids is 1. The maximum absolute atomic E-state index is 12.7. The zero-order valence-electron chi connectivity index (χ0n) is 18.0. The van der Waals surface area contributed by atoms with E-state index in [1.807, 2.05) is 18.4 Å². The molecule has 1 fully saturated rings. The van der Waals surface area contributed by atoms with Gasteiger partial charge in [-0.25, -0.2) is 9.97 Å². The molecule has 0 bridgehead atoms. The van der Waals surface area contributed by atoms with Crippen LogP contribution >= 0.6 is 23.4 Å². The molecule has 4 rings (SSSR count). The number of piperazine rings is 1. The third kappa shape index (κ3) is 5.59. The zero-order valence-corrected chi connectivity index (χ0v) is 19.6. The van der Waals surface area contributed by atoms with Gasteiger partial charge in [0, 0.05) is 45.0 Å². The van der Waals surface area contributed by atoms with E-state index in [1.54, 1.807) is 0 Å². The Morgan fingerprint density at radius 2 is 1.72 bits per heavy atom. The lowest BCUT2D eigenvalue weighted by Gasteiger charge is -2.36. The van der Waals surface area contributed by atoms with Crippen LogP contribution in [0.2, 0.25) is 5.02 Å². The standard InChI is InChI=1S/C24H26ClN5OS/c1-32-24-27-16-21(25)22(28-24)23(31)26-15-18-7-5-6-8-19(18)17-29-11-13-30(14-12-29)20-9-3-2-4-10-20/h2-10,16H,11-15,17H2,1H3,(H,26,31). The highest BCUT2D eigenvalue weighted by molar-refractivity contribution is 7.98. The first-order valence-electron chi connectivity index (χ1n) is 10.6. The number of amides is 1. The van der Waals surface area contributed by atoms with E-state index in [4.69, 9.17) is 11.6 Å². The molecule has 1 aliphatic heterocycles. The minimum Gasteiger partial charge on any atom is -0.369 e. The number of hydrogen-bond acceptors (Lipinski definition) is 6. The molecule has 0 atom stereocenters. The number of hydrogen-bond donors (Lipinski definition) is 1. The number of anilines is 1. The van der Waals surface area contributed by atoms with E-state index in [0.717, 1.165) is 38.3 Å². The summed E-state index contributed by atoms with van der Waals surface area (Å²) in [5, 5.41) is 3.74. The smallest absolute Gasteiger partial charge is 0.271 e. The van der Waals surface area contributed by atoms with Crippen LogP contribution in [0.3, 0.4) is 0 Å². The Balaban J connectivity index is 1.36. The Morgan fingerprint density at radius 3 is 2.44 bits per heavy atom. The number of para-hydroxylation sites is 1. The molecule has 0 radical (unpaired) electrons. The molecule has 0 spiro atoms. The molecule has 3 aromatic rings. The summed E-state index contributed by atoms with van der Waals surface area (Å²) in [6, 6.07) is 18.8. The summed E-state index contributed by atoms with van der Waals surface area (Å²) in [5.74, 6) is -0.293. The average Bonchev–Trinajstić information content (AvgIpc) is 2.84. The first-order valence-corrected chi connectivity index (χ1v) is 12.2. The summed E-state index contributed by atoms with van der Waals surface area (Å²) >= 11 is 7.51. The predicted molar refractivity (Wildman–Crippen MR) is 130 cm³/mol. The van der Waals surface area contributed by atoms with E-state index >= 15 is 0 Å². The third-order valence-electron chi connectivity index (χ3n) is 5.57. The summed E-state index contributed by atoms with van der Waals surface area (Å²) in [7, 11) is 0. The largest absolute Gasteiger partial charge is 0.369 e. The normalized spacial score (nSPS) is 14.4. The number of benzene rings is 2. The Morgan fingerprint density at radius 1 is 1.03 bits per heavy atom. The molecule has 0 saturated carbocycles. The van der Waals surface area contributed by atoms with E-state index in [2.05, 4.69) is 67.5 Å². The third-order valence-corrected chi connectivity index (χ3v) is 6.40. The van der Waals surface area contributed by atoms with Gasteiger partial charge in [0.05, 0.1) is 11.2 Å². The van der Waals surface area contributed by atoms with E-state index in [-0.39, 0.29) is 16.6 Å². The van der Waals surface area contributed by atoms with Crippen LogP contribution in [0, 0.1) is 0 Å². The number of thioether (sulfide) groups is 1. The lowest BCUT2D eigenvalue weighted by Crippen LogP contribution is -2.46. The summed E-state index contributed by atoms with van der Waals surface area (Å²) < 4.78 is 0. The van der Waals surface area contributed by atoms with Gasteiger partial charge in [0.15, 0.2) is 10.9 Å². The summed E-state index contributed by atoms with van der Waals surface area (Å²) in [6.07, 6.45) is 3.33. The molecule has 1 saturated heterocycles. The van der Waals surface area contributed by atoms with Crippen LogP contribution in [0.25, 0.3) is 0 Å². The van der Waals surface area contributed by atoms with Crippen LogP contribution in [0.5, 0.6) is 0 Å². The lowest BCUT2D eigenvalue weighted by molar-refractivity contribution is 0.0945. The maximum atomic E-state index is 12.7. The molecular weight excluding hydrogens is 442 g/mol. The van der Waals surface area contributed by atoms with E-state index in [9.17, 15) is 4.79 Å². The van der Waals surface area contributed by atoms with Crippen molar-refractivity contribution in [1.82, 2.24) is 20.2 Å². The van der Waals surface area contributed by atoms with Gasteiger partial charge in [-0.2, -0.15) is 0 Å². The SMILES string of the molecule is CSc1ncc(Cl)c(C(=O)NCc2ccccc2CN2CCN(c3ccccc3)CC2)n1.